The van der Waals surface area contributed by atoms with Crippen molar-refractivity contribution in [3.63, 3.8) is 0 Å². The Morgan fingerprint density at radius 3 is 1.96 bits per heavy atom. The second-order valence-corrected chi connectivity index (χ2v) is 7.97. The largest absolute Gasteiger partial charge is 0.431 e. The topological polar surface area (TPSA) is 41.1 Å². The minimum Gasteiger partial charge on any atom is -0.354 e. The Labute approximate surface area is 159 Å². The highest BCUT2D eigenvalue weighted by atomic mass is 32.2. The van der Waals surface area contributed by atoms with Crippen molar-refractivity contribution in [2.24, 2.45) is 0 Å². The van der Waals surface area contributed by atoms with Gasteiger partial charge in [-0.2, -0.15) is 38.1 Å². The number of thioether (sulfide) groups is 1. The molecule has 2 N–H and O–H groups in total. The summed E-state index contributed by atoms with van der Waals surface area (Å²) in [6.45, 7) is 6.99. The molecule has 11 heteroatoms. The molecule has 0 radical (unpaired) electrons. The number of rotatable bonds is 12. The SMILES string of the molecule is CCCC(C)(C)NCCNC(=O)CSCCCC(F)(C(F)(F)F)C(F)(F)F. The van der Waals surface area contributed by atoms with E-state index in [9.17, 15) is 35.5 Å². The van der Waals surface area contributed by atoms with Crippen LogP contribution in [-0.4, -0.2) is 54.1 Å². The number of carbonyl (C=O) groups excluding carboxylic acids is 1. The lowest BCUT2D eigenvalue weighted by molar-refractivity contribution is -0.343. The summed E-state index contributed by atoms with van der Waals surface area (Å²) in [5, 5.41) is 5.86. The van der Waals surface area contributed by atoms with Gasteiger partial charge in [0.2, 0.25) is 5.91 Å². The van der Waals surface area contributed by atoms with Gasteiger partial charge in [-0.1, -0.05) is 13.3 Å². The molecule has 0 aromatic heterocycles. The molecule has 0 rings (SSSR count). The molecular weight excluding hydrogens is 401 g/mol. The summed E-state index contributed by atoms with van der Waals surface area (Å²) in [5.41, 5.74) is -5.29. The van der Waals surface area contributed by atoms with Crippen LogP contribution in [0.4, 0.5) is 30.7 Å². The Balaban J connectivity index is 4.06. The van der Waals surface area contributed by atoms with Gasteiger partial charge in [0, 0.05) is 25.0 Å². The highest BCUT2D eigenvalue weighted by molar-refractivity contribution is 7.99. The normalized spacial score (nSPS) is 13.7. The molecule has 162 valence electrons. The summed E-state index contributed by atoms with van der Waals surface area (Å²) >= 11 is 0.861. The van der Waals surface area contributed by atoms with Crippen molar-refractivity contribution in [1.29, 1.82) is 0 Å². The smallest absolute Gasteiger partial charge is 0.354 e. The van der Waals surface area contributed by atoms with Crippen LogP contribution in [0, 0.1) is 0 Å². The van der Waals surface area contributed by atoms with Crippen LogP contribution in [0.25, 0.3) is 0 Å². The third-order valence-corrected chi connectivity index (χ3v) is 4.91. The first-order chi connectivity index (χ1) is 12.2. The molecule has 0 aromatic rings. The predicted octanol–water partition coefficient (Wildman–Crippen LogP) is 4.62. The molecule has 0 atom stereocenters. The predicted molar refractivity (Wildman–Crippen MR) is 92.5 cm³/mol. The number of alkyl halides is 7. The molecule has 0 aliphatic heterocycles. The molecule has 0 saturated carbocycles. The fraction of sp³-hybridized carbons (Fsp3) is 0.938. The molecule has 0 unspecified atom stereocenters. The Hall–Kier alpha value is -0.710. The van der Waals surface area contributed by atoms with E-state index in [0.29, 0.717) is 13.1 Å². The maximum absolute atomic E-state index is 13.4. The molecule has 1 amide bonds. The van der Waals surface area contributed by atoms with Crippen molar-refractivity contribution in [2.75, 3.05) is 24.6 Å². The van der Waals surface area contributed by atoms with E-state index in [4.69, 9.17) is 0 Å². The van der Waals surface area contributed by atoms with Crippen molar-refractivity contribution in [2.45, 2.75) is 70.0 Å². The monoisotopic (exact) mass is 428 g/mol. The number of carbonyl (C=O) groups is 1. The zero-order valence-electron chi connectivity index (χ0n) is 15.6. The van der Waals surface area contributed by atoms with Gasteiger partial charge in [-0.3, -0.25) is 4.79 Å². The summed E-state index contributed by atoms with van der Waals surface area (Å²) < 4.78 is 87.6. The molecule has 0 heterocycles. The van der Waals surface area contributed by atoms with Gasteiger partial charge in [-0.05, 0) is 32.4 Å². The first-order valence-corrected chi connectivity index (χ1v) is 9.73. The number of hydrogen-bond acceptors (Lipinski definition) is 3. The van der Waals surface area contributed by atoms with Crippen LogP contribution in [0.5, 0.6) is 0 Å². The summed E-state index contributed by atoms with van der Waals surface area (Å²) in [6, 6.07) is 0. The van der Waals surface area contributed by atoms with Crippen LogP contribution in [0.1, 0.15) is 46.5 Å². The van der Waals surface area contributed by atoms with Crippen molar-refractivity contribution in [1.82, 2.24) is 10.6 Å². The van der Waals surface area contributed by atoms with E-state index < -0.39 is 30.9 Å². The van der Waals surface area contributed by atoms with E-state index in [2.05, 4.69) is 17.6 Å². The maximum atomic E-state index is 13.4. The second-order valence-electron chi connectivity index (χ2n) is 6.86. The van der Waals surface area contributed by atoms with E-state index in [1.54, 1.807) is 0 Å². The highest BCUT2D eigenvalue weighted by Crippen LogP contribution is 2.49. The molecule has 0 saturated heterocycles. The molecule has 0 fully saturated rings. The lowest BCUT2D eigenvalue weighted by atomic mass is 9.99. The molecule has 27 heavy (non-hydrogen) atoms. The Morgan fingerprint density at radius 2 is 1.48 bits per heavy atom. The average molecular weight is 428 g/mol. The highest BCUT2D eigenvalue weighted by Gasteiger charge is 2.71. The Kier molecular flexibility index (Phi) is 10.4. The number of amides is 1. The maximum Gasteiger partial charge on any atom is 0.431 e. The second kappa shape index (κ2) is 10.7. The first-order valence-electron chi connectivity index (χ1n) is 8.58. The van der Waals surface area contributed by atoms with E-state index in [0.717, 1.165) is 24.6 Å². The molecule has 0 bridgehead atoms. The van der Waals surface area contributed by atoms with Crippen LogP contribution in [0.3, 0.4) is 0 Å². The van der Waals surface area contributed by atoms with Gasteiger partial charge in [0.15, 0.2) is 0 Å². The molecule has 3 nitrogen and oxygen atoms in total. The molecular formula is C16H27F7N2OS. The summed E-state index contributed by atoms with van der Waals surface area (Å²) in [7, 11) is 0. The van der Waals surface area contributed by atoms with Crippen molar-refractivity contribution in [3.8, 4) is 0 Å². The lowest BCUT2D eigenvalue weighted by Gasteiger charge is -2.29. The summed E-state index contributed by atoms with van der Waals surface area (Å²) in [6.07, 6.45) is -12.4. The van der Waals surface area contributed by atoms with Crippen LogP contribution >= 0.6 is 11.8 Å². The van der Waals surface area contributed by atoms with Gasteiger partial charge in [0.25, 0.3) is 5.67 Å². The van der Waals surface area contributed by atoms with Crippen LogP contribution in [0.15, 0.2) is 0 Å². The molecule has 0 aliphatic rings. The minimum absolute atomic E-state index is 0.0654. The first kappa shape index (κ1) is 26.3. The molecule has 0 aromatic carbocycles. The zero-order chi connectivity index (χ0) is 21.4. The van der Waals surface area contributed by atoms with Crippen molar-refractivity contribution in [3.05, 3.63) is 0 Å². The summed E-state index contributed by atoms with van der Waals surface area (Å²) in [4.78, 5) is 11.6. The third-order valence-electron chi connectivity index (χ3n) is 3.87. The lowest BCUT2D eigenvalue weighted by Crippen LogP contribution is -2.53. The molecule has 0 spiro atoms. The Bertz CT molecular complexity index is 439. The number of hydrogen-bond donors (Lipinski definition) is 2. The van der Waals surface area contributed by atoms with Gasteiger partial charge in [-0.25, -0.2) is 4.39 Å². The van der Waals surface area contributed by atoms with Crippen LogP contribution < -0.4 is 10.6 Å². The van der Waals surface area contributed by atoms with E-state index >= 15 is 0 Å². The van der Waals surface area contributed by atoms with Gasteiger partial charge in [-0.15, -0.1) is 0 Å². The van der Waals surface area contributed by atoms with Gasteiger partial charge < -0.3 is 10.6 Å². The van der Waals surface area contributed by atoms with Crippen LogP contribution in [0.2, 0.25) is 0 Å². The third kappa shape index (κ3) is 9.36. The zero-order valence-corrected chi connectivity index (χ0v) is 16.4. The average Bonchev–Trinajstić information content (AvgIpc) is 2.48. The Morgan fingerprint density at radius 1 is 0.926 bits per heavy atom. The van der Waals surface area contributed by atoms with Gasteiger partial charge in [0.05, 0.1) is 5.75 Å². The quantitative estimate of drug-likeness (QED) is 0.352. The standard InChI is InChI=1S/C16H27F7N2OS/c1-4-6-13(2,3)25-9-8-24-12(26)11-27-10-5-7-14(17,15(18,19)20)16(21,22)23/h25H,4-11H2,1-3H3,(H,24,26). The van der Waals surface area contributed by atoms with Crippen molar-refractivity contribution >= 4 is 17.7 Å². The molecule has 0 aliphatic carbocycles. The van der Waals surface area contributed by atoms with Gasteiger partial charge in [0.1, 0.15) is 0 Å². The summed E-state index contributed by atoms with van der Waals surface area (Å²) in [5.74, 6) is -0.684. The fourth-order valence-corrected chi connectivity index (χ4v) is 3.17. The fourth-order valence-electron chi connectivity index (χ4n) is 2.39. The van der Waals surface area contributed by atoms with E-state index in [-0.39, 0.29) is 23.0 Å². The minimum atomic E-state index is -6.02. The van der Waals surface area contributed by atoms with E-state index in [1.165, 1.54) is 0 Å². The van der Waals surface area contributed by atoms with E-state index in [1.807, 2.05) is 13.8 Å². The number of nitrogens with one attached hydrogen (secondary N) is 2. The number of halogens is 7. The van der Waals surface area contributed by atoms with Gasteiger partial charge >= 0.3 is 12.4 Å². The van der Waals surface area contributed by atoms with Crippen molar-refractivity contribution < 1.29 is 35.5 Å². The van der Waals surface area contributed by atoms with Crippen LogP contribution in [-0.2, 0) is 4.79 Å².